The normalized spacial score (nSPS) is 12.7. The zero-order valence-electron chi connectivity index (χ0n) is 10.3. The number of hydrogen-bond donors (Lipinski definition) is 1. The molecule has 0 aliphatic rings. The maximum atomic E-state index is 10.3. The van der Waals surface area contributed by atoms with Gasteiger partial charge in [-0.25, -0.2) is 0 Å². The first-order valence-electron chi connectivity index (χ1n) is 5.69. The van der Waals surface area contributed by atoms with Gasteiger partial charge in [-0.1, -0.05) is 29.6 Å². The predicted molar refractivity (Wildman–Crippen MR) is 69.3 cm³/mol. The van der Waals surface area contributed by atoms with Crippen molar-refractivity contribution in [1.29, 1.82) is 0 Å². The number of aromatic nitrogens is 2. The molecule has 0 saturated heterocycles. The predicted octanol–water partition coefficient (Wildman–Crippen LogP) is 2.80. The molecule has 1 atom stereocenters. The first-order valence-corrected chi connectivity index (χ1v) is 6.47. The maximum Gasteiger partial charge on any atom is 0.117 e. The fourth-order valence-electron chi connectivity index (χ4n) is 1.75. The summed E-state index contributed by atoms with van der Waals surface area (Å²) in [6, 6.07) is 6.03. The Balaban J connectivity index is 2.36. The third kappa shape index (κ3) is 2.37. The van der Waals surface area contributed by atoms with Crippen LogP contribution in [0.25, 0.3) is 0 Å². The highest BCUT2D eigenvalue weighted by molar-refractivity contribution is 7.05. The van der Waals surface area contributed by atoms with E-state index in [0.717, 1.165) is 22.6 Å². The SMILES string of the molecule is CCc1nnsc1C(O)c1ccc(C)c(C)c1. The zero-order valence-corrected chi connectivity index (χ0v) is 11.1. The van der Waals surface area contributed by atoms with E-state index in [1.807, 2.05) is 25.1 Å². The van der Waals surface area contributed by atoms with Crippen LogP contribution in [-0.2, 0) is 6.42 Å². The molecule has 0 fully saturated rings. The summed E-state index contributed by atoms with van der Waals surface area (Å²) in [5.74, 6) is 0. The smallest absolute Gasteiger partial charge is 0.117 e. The van der Waals surface area contributed by atoms with Gasteiger partial charge >= 0.3 is 0 Å². The van der Waals surface area contributed by atoms with Gasteiger partial charge < -0.3 is 5.11 Å². The third-order valence-electron chi connectivity index (χ3n) is 3.02. The summed E-state index contributed by atoms with van der Waals surface area (Å²) in [4.78, 5) is 0.857. The lowest BCUT2D eigenvalue weighted by Crippen LogP contribution is -2.01. The van der Waals surface area contributed by atoms with Gasteiger partial charge in [-0.05, 0) is 48.5 Å². The summed E-state index contributed by atoms with van der Waals surface area (Å²) in [5, 5.41) is 14.4. The molecule has 17 heavy (non-hydrogen) atoms. The minimum Gasteiger partial charge on any atom is -0.383 e. The summed E-state index contributed by atoms with van der Waals surface area (Å²) < 4.78 is 3.91. The topological polar surface area (TPSA) is 46.0 Å². The Morgan fingerprint density at radius 3 is 2.71 bits per heavy atom. The highest BCUT2D eigenvalue weighted by atomic mass is 32.1. The van der Waals surface area contributed by atoms with Crippen LogP contribution in [0.1, 0.15) is 40.3 Å². The molecule has 0 radical (unpaired) electrons. The number of aryl methyl sites for hydroxylation is 3. The highest BCUT2D eigenvalue weighted by Gasteiger charge is 2.17. The van der Waals surface area contributed by atoms with Crippen LogP contribution in [0.4, 0.5) is 0 Å². The summed E-state index contributed by atoms with van der Waals surface area (Å²) in [6.07, 6.45) is 0.192. The van der Waals surface area contributed by atoms with Crippen molar-refractivity contribution < 1.29 is 5.11 Å². The Morgan fingerprint density at radius 2 is 2.06 bits per heavy atom. The molecule has 0 bridgehead atoms. The van der Waals surface area contributed by atoms with E-state index in [4.69, 9.17) is 0 Å². The van der Waals surface area contributed by atoms with Crippen LogP contribution >= 0.6 is 11.5 Å². The van der Waals surface area contributed by atoms with Gasteiger partial charge in [0.25, 0.3) is 0 Å². The van der Waals surface area contributed by atoms with Gasteiger partial charge in [-0.15, -0.1) is 5.10 Å². The molecule has 1 aromatic carbocycles. The largest absolute Gasteiger partial charge is 0.383 e. The lowest BCUT2D eigenvalue weighted by atomic mass is 10.0. The Morgan fingerprint density at radius 1 is 1.29 bits per heavy atom. The van der Waals surface area contributed by atoms with Gasteiger partial charge in [0.15, 0.2) is 0 Å². The van der Waals surface area contributed by atoms with Crippen molar-refractivity contribution in [3.05, 3.63) is 45.5 Å². The van der Waals surface area contributed by atoms with Gasteiger partial charge in [0, 0.05) is 0 Å². The van der Waals surface area contributed by atoms with Crippen molar-refractivity contribution in [3.63, 3.8) is 0 Å². The molecule has 0 amide bonds. The summed E-state index contributed by atoms with van der Waals surface area (Å²) >= 11 is 1.28. The molecule has 4 heteroatoms. The van der Waals surface area contributed by atoms with E-state index >= 15 is 0 Å². The lowest BCUT2D eigenvalue weighted by molar-refractivity contribution is 0.222. The monoisotopic (exact) mass is 248 g/mol. The minimum atomic E-state index is -0.607. The minimum absolute atomic E-state index is 0.607. The maximum absolute atomic E-state index is 10.3. The fraction of sp³-hybridized carbons (Fsp3) is 0.385. The number of benzene rings is 1. The molecule has 1 unspecified atom stereocenters. The summed E-state index contributed by atoms with van der Waals surface area (Å²) in [6.45, 7) is 6.14. The highest BCUT2D eigenvalue weighted by Crippen LogP contribution is 2.28. The van der Waals surface area contributed by atoms with Gasteiger partial charge in [-0.2, -0.15) is 0 Å². The Bertz CT molecular complexity index is 522. The van der Waals surface area contributed by atoms with E-state index in [-0.39, 0.29) is 0 Å². The van der Waals surface area contributed by atoms with Crippen LogP contribution < -0.4 is 0 Å². The van der Waals surface area contributed by atoms with E-state index < -0.39 is 6.10 Å². The van der Waals surface area contributed by atoms with Crippen molar-refractivity contribution in [2.24, 2.45) is 0 Å². The van der Waals surface area contributed by atoms with E-state index in [9.17, 15) is 5.11 Å². The molecular formula is C13H16N2OS. The van der Waals surface area contributed by atoms with E-state index in [1.165, 1.54) is 22.7 Å². The number of aliphatic hydroxyl groups excluding tert-OH is 1. The lowest BCUT2D eigenvalue weighted by Gasteiger charge is -2.11. The van der Waals surface area contributed by atoms with Crippen LogP contribution in [0.15, 0.2) is 18.2 Å². The van der Waals surface area contributed by atoms with Gasteiger partial charge in [0.1, 0.15) is 6.10 Å². The van der Waals surface area contributed by atoms with Crippen molar-refractivity contribution in [1.82, 2.24) is 9.59 Å². The van der Waals surface area contributed by atoms with Crippen molar-refractivity contribution in [2.45, 2.75) is 33.3 Å². The molecule has 0 aliphatic heterocycles. The van der Waals surface area contributed by atoms with Gasteiger partial charge in [-0.3, -0.25) is 0 Å². The molecule has 3 nitrogen and oxygen atoms in total. The standard InChI is InChI=1S/C13H16N2OS/c1-4-11-13(17-15-14-11)12(16)10-6-5-8(2)9(3)7-10/h5-7,12,16H,4H2,1-3H3. The van der Waals surface area contributed by atoms with Crippen LogP contribution in [0.3, 0.4) is 0 Å². The molecule has 2 aromatic rings. The van der Waals surface area contributed by atoms with Crippen molar-refractivity contribution in [3.8, 4) is 0 Å². The van der Waals surface area contributed by atoms with E-state index in [2.05, 4.69) is 23.4 Å². The Kier molecular flexibility index (Phi) is 3.54. The number of rotatable bonds is 3. The average Bonchev–Trinajstić information content (AvgIpc) is 2.80. The summed E-state index contributed by atoms with van der Waals surface area (Å²) in [5.41, 5.74) is 4.23. The second-order valence-corrected chi connectivity index (χ2v) is 4.97. The Hall–Kier alpha value is -1.26. The molecule has 0 saturated carbocycles. The van der Waals surface area contributed by atoms with Crippen LogP contribution in [0, 0.1) is 13.8 Å². The van der Waals surface area contributed by atoms with Gasteiger partial charge in [0.05, 0.1) is 10.6 Å². The first kappa shape index (κ1) is 12.2. The molecule has 1 N–H and O–H groups in total. The van der Waals surface area contributed by atoms with E-state index in [0.29, 0.717) is 0 Å². The molecule has 0 aliphatic carbocycles. The first-order chi connectivity index (χ1) is 8.13. The Labute approximate surface area is 105 Å². The molecular weight excluding hydrogens is 232 g/mol. The van der Waals surface area contributed by atoms with Gasteiger partial charge in [0.2, 0.25) is 0 Å². The van der Waals surface area contributed by atoms with Crippen molar-refractivity contribution >= 4 is 11.5 Å². The zero-order chi connectivity index (χ0) is 12.4. The average molecular weight is 248 g/mol. The molecule has 1 heterocycles. The third-order valence-corrected chi connectivity index (χ3v) is 3.83. The number of nitrogens with zero attached hydrogens (tertiary/aromatic N) is 2. The second kappa shape index (κ2) is 4.94. The van der Waals surface area contributed by atoms with Crippen molar-refractivity contribution in [2.75, 3.05) is 0 Å². The van der Waals surface area contributed by atoms with E-state index in [1.54, 1.807) is 0 Å². The van der Waals surface area contributed by atoms with Crippen LogP contribution in [-0.4, -0.2) is 14.7 Å². The quantitative estimate of drug-likeness (QED) is 0.908. The summed E-state index contributed by atoms with van der Waals surface area (Å²) in [7, 11) is 0. The van der Waals surface area contributed by atoms with Crippen LogP contribution in [0.2, 0.25) is 0 Å². The number of aliphatic hydroxyl groups is 1. The second-order valence-electron chi connectivity index (χ2n) is 4.18. The van der Waals surface area contributed by atoms with Crippen LogP contribution in [0.5, 0.6) is 0 Å². The molecule has 90 valence electrons. The molecule has 1 aromatic heterocycles. The number of hydrogen-bond acceptors (Lipinski definition) is 4. The molecule has 0 spiro atoms. The molecule has 2 rings (SSSR count). The fourth-order valence-corrected chi connectivity index (χ4v) is 2.51.